The van der Waals surface area contributed by atoms with Crippen LogP contribution in [0.4, 0.5) is 4.79 Å². The number of amides is 1. The molecule has 1 aliphatic rings. The summed E-state index contributed by atoms with van der Waals surface area (Å²) in [6.45, 7) is 11.6. The monoisotopic (exact) mass is 330 g/mol. The van der Waals surface area contributed by atoms with Crippen LogP contribution in [-0.4, -0.2) is 51.0 Å². The summed E-state index contributed by atoms with van der Waals surface area (Å²) in [6.07, 6.45) is 2.52. The highest BCUT2D eigenvalue weighted by Crippen LogP contribution is 2.41. The molecule has 0 aromatic heterocycles. The van der Waals surface area contributed by atoms with Gasteiger partial charge >= 0.3 is 5.97 Å². The summed E-state index contributed by atoms with van der Waals surface area (Å²) in [6, 6.07) is 0. The Morgan fingerprint density at radius 3 is 2.41 bits per heavy atom. The first-order valence-electron chi connectivity index (χ1n) is 7.31. The Bertz CT molecular complexity index is 419. The maximum absolute atomic E-state index is 11.9. The zero-order chi connectivity index (χ0) is 17.0. The van der Waals surface area contributed by atoms with Gasteiger partial charge in [-0.05, 0) is 40.5 Å². The molecule has 0 spiro atoms. The Labute approximate surface area is 136 Å². The number of esters is 1. The molecule has 0 unspecified atom stereocenters. The molecule has 1 fully saturated rings. The quantitative estimate of drug-likeness (QED) is 0.458. The second kappa shape index (κ2) is 7.48. The van der Waals surface area contributed by atoms with Crippen LogP contribution < -0.4 is 5.32 Å². The van der Waals surface area contributed by atoms with Gasteiger partial charge in [0, 0.05) is 22.4 Å². The molecule has 0 atom stereocenters. The third-order valence-electron chi connectivity index (χ3n) is 3.66. The summed E-state index contributed by atoms with van der Waals surface area (Å²) in [5, 5.41) is 14.3. The van der Waals surface area contributed by atoms with Crippen LogP contribution in [0.25, 0.3) is 0 Å². The molecule has 6 nitrogen and oxygen atoms in total. The van der Waals surface area contributed by atoms with E-state index in [0.29, 0.717) is 0 Å². The third-order valence-corrected chi connectivity index (χ3v) is 4.68. The van der Waals surface area contributed by atoms with Crippen LogP contribution in [0.1, 0.15) is 40.5 Å². The van der Waals surface area contributed by atoms with Crippen LogP contribution in [0.15, 0.2) is 12.7 Å². The lowest BCUT2D eigenvalue weighted by Crippen LogP contribution is -2.59. The van der Waals surface area contributed by atoms with E-state index >= 15 is 0 Å². The standard InChI is InChI=1S/C15H26N2O4S/c1-6-12(18)21-8-7-16-13(19)22-11-9-14(2,3)17(20)15(4,5)10-11/h6,11,20H,1,7-10H2,2-5H3,(H,16,19). The second-order valence-corrected chi connectivity index (χ2v) is 7.94. The molecule has 0 aromatic carbocycles. The fourth-order valence-electron chi connectivity index (χ4n) is 2.82. The largest absolute Gasteiger partial charge is 0.461 e. The lowest BCUT2D eigenvalue weighted by Gasteiger charge is -2.51. The third kappa shape index (κ3) is 5.30. The predicted molar refractivity (Wildman–Crippen MR) is 87.0 cm³/mol. The number of piperidine rings is 1. The van der Waals surface area contributed by atoms with E-state index in [1.165, 1.54) is 16.8 Å². The number of ether oxygens (including phenoxy) is 1. The molecule has 0 aromatic rings. The minimum atomic E-state index is -0.499. The SMILES string of the molecule is C=CC(=O)OCCNC(=O)SC1CC(C)(C)N(O)C(C)(C)C1. The summed E-state index contributed by atoms with van der Waals surface area (Å²) >= 11 is 1.24. The minimum absolute atomic E-state index is 0.128. The summed E-state index contributed by atoms with van der Waals surface area (Å²) in [4.78, 5) is 22.8. The van der Waals surface area contributed by atoms with Crippen molar-refractivity contribution >= 4 is 23.0 Å². The first kappa shape index (κ1) is 19.0. The van der Waals surface area contributed by atoms with Crippen LogP contribution in [-0.2, 0) is 9.53 Å². The number of hydrogen-bond acceptors (Lipinski definition) is 6. The van der Waals surface area contributed by atoms with Gasteiger partial charge in [0.25, 0.3) is 5.24 Å². The first-order valence-corrected chi connectivity index (χ1v) is 8.19. The fourth-order valence-corrected chi connectivity index (χ4v) is 4.29. The molecule has 0 saturated carbocycles. The molecule has 2 N–H and O–H groups in total. The van der Waals surface area contributed by atoms with Gasteiger partial charge in [-0.3, -0.25) is 4.79 Å². The summed E-state index contributed by atoms with van der Waals surface area (Å²) in [5.41, 5.74) is -0.752. The van der Waals surface area contributed by atoms with Crippen molar-refractivity contribution in [2.45, 2.75) is 56.9 Å². The molecule has 1 heterocycles. The molecular weight excluding hydrogens is 304 g/mol. The molecule has 7 heteroatoms. The molecule has 1 amide bonds. The van der Waals surface area contributed by atoms with Crippen molar-refractivity contribution in [2.75, 3.05) is 13.2 Å². The van der Waals surface area contributed by atoms with Gasteiger partial charge in [0.2, 0.25) is 0 Å². The normalized spacial score (nSPS) is 21.1. The van der Waals surface area contributed by atoms with Crippen LogP contribution in [0.5, 0.6) is 0 Å². The number of hydrogen-bond donors (Lipinski definition) is 2. The van der Waals surface area contributed by atoms with E-state index in [1.54, 1.807) is 0 Å². The zero-order valence-electron chi connectivity index (χ0n) is 13.7. The maximum Gasteiger partial charge on any atom is 0.330 e. The van der Waals surface area contributed by atoms with E-state index in [-0.39, 0.29) is 34.7 Å². The van der Waals surface area contributed by atoms with E-state index in [2.05, 4.69) is 11.9 Å². The van der Waals surface area contributed by atoms with Gasteiger partial charge in [-0.25, -0.2) is 4.79 Å². The number of nitrogens with zero attached hydrogens (tertiary/aromatic N) is 1. The Hall–Kier alpha value is -1.05. The minimum Gasteiger partial charge on any atom is -0.461 e. The topological polar surface area (TPSA) is 78.9 Å². The molecule has 0 aliphatic carbocycles. The van der Waals surface area contributed by atoms with Crippen molar-refractivity contribution in [2.24, 2.45) is 0 Å². The smallest absolute Gasteiger partial charge is 0.330 e. The molecule has 0 bridgehead atoms. The Morgan fingerprint density at radius 2 is 1.91 bits per heavy atom. The van der Waals surface area contributed by atoms with Gasteiger partial charge in [-0.15, -0.1) is 0 Å². The molecule has 1 rings (SSSR count). The van der Waals surface area contributed by atoms with Crippen molar-refractivity contribution in [3.05, 3.63) is 12.7 Å². The molecular formula is C15H26N2O4S. The van der Waals surface area contributed by atoms with E-state index in [4.69, 9.17) is 4.74 Å². The van der Waals surface area contributed by atoms with Gasteiger partial charge < -0.3 is 15.3 Å². The summed E-state index contributed by atoms with van der Waals surface area (Å²) in [5.74, 6) is -0.499. The van der Waals surface area contributed by atoms with Gasteiger partial charge in [0.1, 0.15) is 6.61 Å². The van der Waals surface area contributed by atoms with Crippen LogP contribution >= 0.6 is 11.8 Å². The Morgan fingerprint density at radius 1 is 1.36 bits per heavy atom. The highest BCUT2D eigenvalue weighted by atomic mass is 32.2. The highest BCUT2D eigenvalue weighted by molar-refractivity contribution is 8.14. The van der Waals surface area contributed by atoms with Crippen molar-refractivity contribution in [3.63, 3.8) is 0 Å². The molecule has 22 heavy (non-hydrogen) atoms. The lowest BCUT2D eigenvalue weighted by atomic mass is 9.82. The average Bonchev–Trinajstić information content (AvgIpc) is 2.40. The number of hydroxylamine groups is 2. The van der Waals surface area contributed by atoms with E-state index in [9.17, 15) is 14.8 Å². The summed E-state index contributed by atoms with van der Waals surface area (Å²) in [7, 11) is 0. The van der Waals surface area contributed by atoms with E-state index in [1.807, 2.05) is 27.7 Å². The van der Waals surface area contributed by atoms with Crippen molar-refractivity contribution < 1.29 is 19.5 Å². The lowest BCUT2D eigenvalue weighted by molar-refractivity contribution is -0.240. The first-order chi connectivity index (χ1) is 10.1. The van der Waals surface area contributed by atoms with E-state index < -0.39 is 5.97 Å². The molecule has 1 aliphatic heterocycles. The highest BCUT2D eigenvalue weighted by Gasteiger charge is 2.45. The van der Waals surface area contributed by atoms with Crippen LogP contribution in [0.2, 0.25) is 0 Å². The van der Waals surface area contributed by atoms with Crippen LogP contribution in [0, 0.1) is 0 Å². The van der Waals surface area contributed by atoms with Crippen molar-refractivity contribution in [3.8, 4) is 0 Å². The maximum atomic E-state index is 11.9. The van der Waals surface area contributed by atoms with Gasteiger partial charge in [0.05, 0.1) is 6.54 Å². The van der Waals surface area contributed by atoms with Gasteiger partial charge in [-0.1, -0.05) is 18.3 Å². The molecule has 1 saturated heterocycles. The second-order valence-electron chi connectivity index (χ2n) is 6.67. The predicted octanol–water partition coefficient (Wildman–Crippen LogP) is 2.57. The summed E-state index contributed by atoms with van der Waals surface area (Å²) < 4.78 is 4.79. The van der Waals surface area contributed by atoms with Crippen molar-refractivity contribution in [1.82, 2.24) is 10.4 Å². The number of carbonyl (C=O) groups is 2. The van der Waals surface area contributed by atoms with E-state index in [0.717, 1.165) is 18.9 Å². The Kier molecular flexibility index (Phi) is 6.46. The number of carbonyl (C=O) groups excluding carboxylic acids is 2. The Balaban J connectivity index is 2.41. The number of thioether (sulfide) groups is 1. The molecule has 126 valence electrons. The molecule has 0 radical (unpaired) electrons. The number of nitrogens with one attached hydrogen (secondary N) is 1. The zero-order valence-corrected chi connectivity index (χ0v) is 14.5. The van der Waals surface area contributed by atoms with Gasteiger partial charge in [-0.2, -0.15) is 5.06 Å². The fraction of sp³-hybridized carbons (Fsp3) is 0.733. The van der Waals surface area contributed by atoms with Crippen LogP contribution in [0.3, 0.4) is 0 Å². The average molecular weight is 330 g/mol. The van der Waals surface area contributed by atoms with Crippen molar-refractivity contribution in [1.29, 1.82) is 0 Å². The van der Waals surface area contributed by atoms with Gasteiger partial charge in [0.15, 0.2) is 0 Å². The number of rotatable bonds is 5.